The van der Waals surface area contributed by atoms with E-state index in [2.05, 4.69) is 0 Å². The Kier molecular flexibility index (Phi) is 8.20. The summed E-state index contributed by atoms with van der Waals surface area (Å²) >= 11 is 0. The zero-order valence-electron chi connectivity index (χ0n) is 17.3. The molecule has 0 unspecified atom stereocenters. The maximum atomic E-state index is 12.4. The van der Waals surface area contributed by atoms with Crippen LogP contribution in [0.25, 0.3) is 0 Å². The third-order valence-corrected chi connectivity index (χ3v) is 4.27. The highest BCUT2D eigenvalue weighted by Crippen LogP contribution is 2.18. The molecule has 0 radical (unpaired) electrons. The molecule has 31 heavy (non-hydrogen) atoms. The van der Waals surface area contributed by atoms with Gasteiger partial charge in [-0.05, 0) is 55.5 Å². The van der Waals surface area contributed by atoms with Gasteiger partial charge >= 0.3 is 5.97 Å². The lowest BCUT2D eigenvalue weighted by Crippen LogP contribution is -2.17. The van der Waals surface area contributed by atoms with E-state index in [9.17, 15) is 9.59 Å². The summed E-state index contributed by atoms with van der Waals surface area (Å²) < 4.78 is 21.5. The molecule has 0 saturated carbocycles. The Bertz CT molecular complexity index is 965. The molecule has 0 atom stereocenters. The minimum atomic E-state index is -0.542. The lowest BCUT2D eigenvalue weighted by molar-refractivity contribution is -0.136. The summed E-state index contributed by atoms with van der Waals surface area (Å²) in [5.74, 6) is 0.931. The molecule has 0 aliphatic rings. The molecule has 0 fully saturated rings. The van der Waals surface area contributed by atoms with Gasteiger partial charge in [-0.3, -0.25) is 4.79 Å². The van der Waals surface area contributed by atoms with E-state index in [0.29, 0.717) is 48.2 Å². The number of benzene rings is 3. The maximum Gasteiger partial charge on any atom is 0.349 e. The normalized spacial score (nSPS) is 10.4. The first-order valence-electron chi connectivity index (χ1n) is 9.99. The monoisotopic (exact) mass is 420 g/mol. The molecule has 0 N–H and O–H groups in total. The minimum absolute atomic E-state index is 0.0906. The predicted octanol–water partition coefficient (Wildman–Crippen LogP) is 4.32. The number of ketones is 1. The number of hydrogen-bond donors (Lipinski definition) is 0. The number of hydrogen-bond acceptors (Lipinski definition) is 6. The number of carbonyl (C=O) groups excluding carboxylic acids is 2. The zero-order chi connectivity index (χ0) is 21.9. The van der Waals surface area contributed by atoms with Crippen LogP contribution in [0.15, 0.2) is 78.9 Å². The van der Waals surface area contributed by atoms with E-state index in [1.807, 2.05) is 25.1 Å². The van der Waals surface area contributed by atoms with Crippen molar-refractivity contribution in [2.75, 3.05) is 26.4 Å². The Morgan fingerprint density at radius 2 is 1.26 bits per heavy atom. The van der Waals surface area contributed by atoms with Gasteiger partial charge in [-0.25, -0.2) is 4.79 Å². The highest BCUT2D eigenvalue weighted by atomic mass is 16.6. The van der Waals surface area contributed by atoms with E-state index in [4.69, 9.17) is 18.9 Å². The Labute approximate surface area is 181 Å². The van der Waals surface area contributed by atoms with Gasteiger partial charge in [0.25, 0.3) is 0 Å². The van der Waals surface area contributed by atoms with E-state index in [-0.39, 0.29) is 12.4 Å². The van der Waals surface area contributed by atoms with Crippen LogP contribution in [-0.2, 0) is 9.53 Å². The van der Waals surface area contributed by atoms with Gasteiger partial charge in [0.15, 0.2) is 12.4 Å². The van der Waals surface area contributed by atoms with Crippen molar-refractivity contribution in [1.82, 2.24) is 0 Å². The molecule has 0 spiro atoms. The number of ether oxygens (including phenoxy) is 4. The first kappa shape index (κ1) is 22.1. The van der Waals surface area contributed by atoms with Gasteiger partial charge in [-0.2, -0.15) is 0 Å². The van der Waals surface area contributed by atoms with E-state index in [1.54, 1.807) is 60.7 Å². The molecule has 6 heteroatoms. The first-order valence-corrected chi connectivity index (χ1v) is 9.99. The fourth-order valence-corrected chi connectivity index (χ4v) is 2.73. The van der Waals surface area contributed by atoms with Gasteiger partial charge in [-0.15, -0.1) is 0 Å². The molecule has 0 bridgehead atoms. The molecule has 3 aromatic carbocycles. The molecule has 0 saturated heterocycles. The predicted molar refractivity (Wildman–Crippen MR) is 116 cm³/mol. The van der Waals surface area contributed by atoms with E-state index < -0.39 is 5.97 Å². The SMILES string of the molecule is CCOCCOc1ccc(OCC(=O)Oc2ccc(C(=O)c3ccccc3)cc2)cc1. The van der Waals surface area contributed by atoms with Gasteiger partial charge in [-0.1, -0.05) is 30.3 Å². The highest BCUT2D eigenvalue weighted by Gasteiger charge is 2.10. The van der Waals surface area contributed by atoms with Crippen LogP contribution in [0.3, 0.4) is 0 Å². The van der Waals surface area contributed by atoms with Crippen molar-refractivity contribution in [3.8, 4) is 17.2 Å². The lowest BCUT2D eigenvalue weighted by Gasteiger charge is -2.09. The molecule has 0 heterocycles. The second-order valence-corrected chi connectivity index (χ2v) is 6.50. The molecule has 0 aromatic heterocycles. The van der Waals surface area contributed by atoms with Crippen LogP contribution >= 0.6 is 0 Å². The smallest absolute Gasteiger partial charge is 0.349 e. The van der Waals surface area contributed by atoms with E-state index in [1.165, 1.54) is 0 Å². The molecule has 0 amide bonds. The largest absolute Gasteiger partial charge is 0.491 e. The van der Waals surface area contributed by atoms with Crippen molar-refractivity contribution >= 4 is 11.8 Å². The van der Waals surface area contributed by atoms with E-state index >= 15 is 0 Å². The summed E-state index contributed by atoms with van der Waals surface area (Å²) in [7, 11) is 0. The average molecular weight is 420 g/mol. The van der Waals surface area contributed by atoms with Crippen LogP contribution in [0.1, 0.15) is 22.8 Å². The summed E-state index contributed by atoms with van der Waals surface area (Å²) in [6.07, 6.45) is 0. The lowest BCUT2D eigenvalue weighted by atomic mass is 10.0. The Hall–Kier alpha value is -3.64. The standard InChI is InChI=1S/C25H24O6/c1-2-28-16-17-29-21-12-14-22(15-13-21)30-18-24(26)31-23-10-8-20(9-11-23)25(27)19-6-4-3-5-7-19/h3-15H,2,16-18H2,1H3. The topological polar surface area (TPSA) is 71.1 Å². The van der Waals surface area contributed by atoms with Crippen LogP contribution in [0, 0.1) is 0 Å². The summed E-state index contributed by atoms with van der Waals surface area (Å²) in [5.41, 5.74) is 1.12. The molecular weight excluding hydrogens is 396 g/mol. The van der Waals surface area contributed by atoms with Crippen LogP contribution < -0.4 is 14.2 Å². The minimum Gasteiger partial charge on any atom is -0.491 e. The molecule has 3 aromatic rings. The third kappa shape index (κ3) is 6.97. The Morgan fingerprint density at radius 1 is 0.677 bits per heavy atom. The molecule has 0 aliphatic carbocycles. The molecule has 3 rings (SSSR count). The van der Waals surface area contributed by atoms with Gasteiger partial charge in [0.2, 0.25) is 0 Å². The molecular formula is C25H24O6. The molecule has 160 valence electrons. The van der Waals surface area contributed by atoms with Crippen molar-refractivity contribution < 1.29 is 28.5 Å². The fraction of sp³-hybridized carbons (Fsp3) is 0.200. The number of esters is 1. The van der Waals surface area contributed by atoms with Gasteiger partial charge in [0, 0.05) is 17.7 Å². The van der Waals surface area contributed by atoms with Crippen molar-refractivity contribution in [1.29, 1.82) is 0 Å². The van der Waals surface area contributed by atoms with Crippen molar-refractivity contribution in [3.63, 3.8) is 0 Å². The quantitative estimate of drug-likeness (QED) is 0.199. The number of rotatable bonds is 11. The number of carbonyl (C=O) groups is 2. The third-order valence-electron chi connectivity index (χ3n) is 4.27. The van der Waals surface area contributed by atoms with Crippen LogP contribution in [0.2, 0.25) is 0 Å². The Balaban J connectivity index is 1.45. The van der Waals surface area contributed by atoms with Crippen molar-refractivity contribution in [2.45, 2.75) is 6.92 Å². The van der Waals surface area contributed by atoms with Crippen molar-refractivity contribution in [3.05, 3.63) is 90.0 Å². The van der Waals surface area contributed by atoms with Crippen molar-refractivity contribution in [2.24, 2.45) is 0 Å². The summed E-state index contributed by atoms with van der Waals surface area (Å²) in [5, 5.41) is 0. The summed E-state index contributed by atoms with van der Waals surface area (Å²) in [6, 6.07) is 22.4. The van der Waals surface area contributed by atoms with Gasteiger partial charge in [0.1, 0.15) is 23.9 Å². The average Bonchev–Trinajstić information content (AvgIpc) is 2.82. The van der Waals surface area contributed by atoms with Crippen LogP contribution in [0.4, 0.5) is 0 Å². The van der Waals surface area contributed by atoms with Crippen LogP contribution in [-0.4, -0.2) is 38.2 Å². The second kappa shape index (κ2) is 11.5. The van der Waals surface area contributed by atoms with E-state index in [0.717, 1.165) is 0 Å². The highest BCUT2D eigenvalue weighted by molar-refractivity contribution is 6.09. The molecule has 0 aliphatic heterocycles. The molecule has 6 nitrogen and oxygen atoms in total. The van der Waals surface area contributed by atoms with Gasteiger partial charge in [0.05, 0.1) is 6.61 Å². The summed E-state index contributed by atoms with van der Waals surface area (Å²) in [4.78, 5) is 24.5. The fourth-order valence-electron chi connectivity index (χ4n) is 2.73. The van der Waals surface area contributed by atoms with Crippen LogP contribution in [0.5, 0.6) is 17.2 Å². The maximum absolute atomic E-state index is 12.4. The first-order chi connectivity index (χ1) is 15.2. The van der Waals surface area contributed by atoms with Gasteiger partial charge < -0.3 is 18.9 Å². The Morgan fingerprint density at radius 3 is 1.90 bits per heavy atom. The second-order valence-electron chi connectivity index (χ2n) is 6.50. The summed E-state index contributed by atoms with van der Waals surface area (Å²) in [6.45, 7) is 3.34. The zero-order valence-corrected chi connectivity index (χ0v) is 17.3.